The first-order valence-electron chi connectivity index (χ1n) is 9.15. The lowest BCUT2D eigenvalue weighted by atomic mass is 10.1. The summed E-state index contributed by atoms with van der Waals surface area (Å²) in [6, 6.07) is 18.4. The molecule has 1 amide bonds. The molecule has 8 nitrogen and oxygen atoms in total. The Morgan fingerprint density at radius 1 is 1.00 bits per heavy atom. The third kappa shape index (κ3) is 4.85. The molecule has 3 aromatic rings. The van der Waals surface area contributed by atoms with Gasteiger partial charge in [-0.3, -0.25) is 14.9 Å². The van der Waals surface area contributed by atoms with Gasteiger partial charge in [0.2, 0.25) is 0 Å². The van der Waals surface area contributed by atoms with Gasteiger partial charge >= 0.3 is 0 Å². The Hall–Kier alpha value is -4.07. The first-order valence-corrected chi connectivity index (χ1v) is 9.15. The highest BCUT2D eigenvalue weighted by molar-refractivity contribution is 6.07. The van der Waals surface area contributed by atoms with Gasteiger partial charge in [0.1, 0.15) is 17.1 Å². The maximum atomic E-state index is 12.7. The quantitative estimate of drug-likeness (QED) is 0.414. The van der Waals surface area contributed by atoms with Crippen LogP contribution in [0.1, 0.15) is 17.3 Å². The van der Waals surface area contributed by atoms with Crippen LogP contribution in [0.5, 0.6) is 23.0 Å². The van der Waals surface area contributed by atoms with Crippen molar-refractivity contribution < 1.29 is 23.9 Å². The van der Waals surface area contributed by atoms with Crippen molar-refractivity contribution in [3.8, 4) is 23.0 Å². The highest BCUT2D eigenvalue weighted by Crippen LogP contribution is 2.35. The number of anilines is 1. The molecule has 8 heteroatoms. The van der Waals surface area contributed by atoms with Crippen molar-refractivity contribution in [2.24, 2.45) is 0 Å². The van der Waals surface area contributed by atoms with Crippen LogP contribution in [-0.2, 0) is 0 Å². The van der Waals surface area contributed by atoms with Crippen molar-refractivity contribution in [3.63, 3.8) is 0 Å². The number of hydrogen-bond donors (Lipinski definition) is 1. The van der Waals surface area contributed by atoms with Crippen molar-refractivity contribution in [2.75, 3.05) is 19.0 Å². The average Bonchev–Trinajstić information content (AvgIpc) is 2.75. The van der Waals surface area contributed by atoms with E-state index in [9.17, 15) is 14.9 Å². The summed E-state index contributed by atoms with van der Waals surface area (Å²) in [6.45, 7) is 2.08. The molecule has 3 aromatic carbocycles. The van der Waals surface area contributed by atoms with Crippen LogP contribution >= 0.6 is 0 Å². The molecular formula is C22H20N2O6. The number of carbonyl (C=O) groups is 1. The summed E-state index contributed by atoms with van der Waals surface area (Å²) in [7, 11) is 1.38. The van der Waals surface area contributed by atoms with Crippen LogP contribution in [0.4, 0.5) is 11.4 Å². The molecule has 0 aliphatic carbocycles. The van der Waals surface area contributed by atoms with Crippen LogP contribution in [0.15, 0.2) is 66.7 Å². The van der Waals surface area contributed by atoms with Crippen LogP contribution < -0.4 is 19.5 Å². The minimum atomic E-state index is -0.637. The number of methoxy groups -OCH3 is 1. The number of nitrogens with one attached hydrogen (secondary N) is 1. The monoisotopic (exact) mass is 408 g/mol. The smallest absolute Gasteiger partial charge is 0.286 e. The van der Waals surface area contributed by atoms with E-state index in [0.29, 0.717) is 23.8 Å². The van der Waals surface area contributed by atoms with Crippen LogP contribution in [0.25, 0.3) is 0 Å². The zero-order valence-electron chi connectivity index (χ0n) is 16.5. The van der Waals surface area contributed by atoms with Gasteiger partial charge in [-0.25, -0.2) is 0 Å². The van der Waals surface area contributed by atoms with Crippen LogP contribution in [-0.4, -0.2) is 24.5 Å². The molecule has 0 aliphatic heterocycles. The molecule has 0 saturated heterocycles. The Balaban J connectivity index is 1.81. The lowest BCUT2D eigenvalue weighted by molar-refractivity contribution is -0.385. The molecule has 3 rings (SSSR count). The molecule has 0 saturated carbocycles. The van der Waals surface area contributed by atoms with Gasteiger partial charge < -0.3 is 19.5 Å². The number of carbonyl (C=O) groups excluding carboxylic acids is 1. The summed E-state index contributed by atoms with van der Waals surface area (Å²) in [4.78, 5) is 23.5. The predicted molar refractivity (Wildman–Crippen MR) is 112 cm³/mol. The van der Waals surface area contributed by atoms with E-state index in [4.69, 9.17) is 14.2 Å². The largest absolute Gasteiger partial charge is 0.493 e. The number of ether oxygens (including phenoxy) is 3. The Kier molecular flexibility index (Phi) is 6.49. The number of nitro groups is 1. The minimum Gasteiger partial charge on any atom is -0.493 e. The summed E-state index contributed by atoms with van der Waals surface area (Å²) >= 11 is 0. The zero-order chi connectivity index (χ0) is 21.5. The Bertz CT molecular complexity index is 1040. The van der Waals surface area contributed by atoms with Gasteiger partial charge in [0.25, 0.3) is 11.6 Å². The van der Waals surface area contributed by atoms with Gasteiger partial charge in [-0.15, -0.1) is 0 Å². The third-order valence-corrected chi connectivity index (χ3v) is 4.11. The van der Waals surface area contributed by atoms with E-state index in [0.717, 1.165) is 0 Å². The van der Waals surface area contributed by atoms with Gasteiger partial charge in [-0.1, -0.05) is 18.2 Å². The van der Waals surface area contributed by atoms with Crippen molar-refractivity contribution in [1.82, 2.24) is 0 Å². The van der Waals surface area contributed by atoms with Crippen LogP contribution in [0, 0.1) is 10.1 Å². The molecular weight excluding hydrogens is 388 g/mol. The zero-order valence-corrected chi connectivity index (χ0v) is 16.5. The first kappa shape index (κ1) is 20.7. The lowest BCUT2D eigenvalue weighted by Gasteiger charge is -2.12. The molecule has 154 valence electrons. The van der Waals surface area contributed by atoms with E-state index in [1.165, 1.54) is 19.2 Å². The molecule has 0 radical (unpaired) electrons. The van der Waals surface area contributed by atoms with Crippen LogP contribution in [0.2, 0.25) is 0 Å². The molecule has 0 spiro atoms. The maximum Gasteiger partial charge on any atom is 0.286 e. The van der Waals surface area contributed by atoms with Crippen molar-refractivity contribution in [3.05, 3.63) is 82.4 Å². The summed E-state index contributed by atoms with van der Waals surface area (Å²) < 4.78 is 16.3. The summed E-state index contributed by atoms with van der Waals surface area (Å²) in [5.41, 5.74) is -0.0471. The average molecular weight is 408 g/mol. The fourth-order valence-electron chi connectivity index (χ4n) is 2.74. The molecule has 30 heavy (non-hydrogen) atoms. The molecule has 0 atom stereocenters. The molecule has 1 N–H and O–H groups in total. The van der Waals surface area contributed by atoms with Gasteiger partial charge in [-0.2, -0.15) is 0 Å². The standard InChI is InChI=1S/C22H20N2O6/c1-3-29-21-13-18(19(24(26)27)14-20(21)28-2)22(25)23-15-9-11-17(12-10-15)30-16-7-5-4-6-8-16/h4-14H,3H2,1-2H3,(H,23,25). The highest BCUT2D eigenvalue weighted by atomic mass is 16.6. The Morgan fingerprint density at radius 3 is 2.27 bits per heavy atom. The number of rotatable bonds is 8. The van der Waals surface area contributed by atoms with E-state index in [1.54, 1.807) is 31.2 Å². The number of nitro benzene ring substituents is 1. The first-order chi connectivity index (χ1) is 14.5. The summed E-state index contributed by atoms with van der Waals surface area (Å²) in [5.74, 6) is 1.08. The second-order valence-electron chi connectivity index (χ2n) is 6.10. The van der Waals surface area contributed by atoms with Crippen LogP contribution in [0.3, 0.4) is 0 Å². The van der Waals surface area contributed by atoms with E-state index >= 15 is 0 Å². The molecule has 0 heterocycles. The molecule has 0 fully saturated rings. The van der Waals surface area contributed by atoms with Crippen molar-refractivity contribution in [1.29, 1.82) is 0 Å². The van der Waals surface area contributed by atoms with E-state index in [1.807, 2.05) is 30.3 Å². The number of hydrogen-bond acceptors (Lipinski definition) is 6. The number of nitrogens with zero attached hydrogens (tertiary/aromatic N) is 1. The summed E-state index contributed by atoms with van der Waals surface area (Å²) in [6.07, 6.45) is 0. The molecule has 0 bridgehead atoms. The lowest BCUT2D eigenvalue weighted by Crippen LogP contribution is -2.14. The third-order valence-electron chi connectivity index (χ3n) is 4.11. The second kappa shape index (κ2) is 9.42. The number of amides is 1. The second-order valence-corrected chi connectivity index (χ2v) is 6.10. The fourth-order valence-corrected chi connectivity index (χ4v) is 2.74. The Labute approximate surface area is 173 Å². The predicted octanol–water partition coefficient (Wildman–Crippen LogP) is 5.05. The van der Waals surface area contributed by atoms with Gasteiger partial charge in [0.05, 0.1) is 24.7 Å². The van der Waals surface area contributed by atoms with E-state index < -0.39 is 10.8 Å². The highest BCUT2D eigenvalue weighted by Gasteiger charge is 2.25. The van der Waals surface area contributed by atoms with E-state index in [-0.39, 0.29) is 22.7 Å². The molecule has 0 aromatic heterocycles. The normalized spacial score (nSPS) is 10.2. The number of para-hydroxylation sites is 1. The van der Waals surface area contributed by atoms with Gasteiger partial charge in [0, 0.05) is 11.8 Å². The SMILES string of the molecule is CCOc1cc(C(=O)Nc2ccc(Oc3ccccc3)cc2)c([N+](=O)[O-])cc1OC. The molecule has 0 unspecified atom stereocenters. The fraction of sp³-hybridized carbons (Fsp3) is 0.136. The van der Waals surface area contributed by atoms with Crippen molar-refractivity contribution in [2.45, 2.75) is 6.92 Å². The number of benzene rings is 3. The molecule has 0 aliphatic rings. The topological polar surface area (TPSA) is 99.9 Å². The van der Waals surface area contributed by atoms with Gasteiger partial charge in [-0.05, 0) is 43.3 Å². The van der Waals surface area contributed by atoms with Gasteiger partial charge in [0.15, 0.2) is 11.5 Å². The maximum absolute atomic E-state index is 12.7. The van der Waals surface area contributed by atoms with E-state index in [2.05, 4.69) is 5.32 Å². The summed E-state index contributed by atoms with van der Waals surface area (Å²) in [5, 5.41) is 14.1. The van der Waals surface area contributed by atoms with Crippen molar-refractivity contribution >= 4 is 17.3 Å². The minimum absolute atomic E-state index is 0.131. The Morgan fingerprint density at radius 2 is 1.67 bits per heavy atom.